The van der Waals surface area contributed by atoms with Gasteiger partial charge in [-0.15, -0.1) is 0 Å². The molecule has 6 nitrogen and oxygen atoms in total. The van der Waals surface area contributed by atoms with Gasteiger partial charge in [-0.2, -0.15) is 0 Å². The fraction of sp³-hybridized carbons (Fsp3) is 0.875. The highest BCUT2D eigenvalue weighted by Gasteiger charge is 2.51. The first-order valence-corrected chi connectivity index (χ1v) is 4.40. The van der Waals surface area contributed by atoms with E-state index in [-0.39, 0.29) is 18.3 Å². The molecule has 4 atom stereocenters. The molecule has 2 aliphatic rings. The minimum atomic E-state index is -0.460. The summed E-state index contributed by atoms with van der Waals surface area (Å²) in [5.41, 5.74) is 0. The lowest BCUT2D eigenvalue weighted by atomic mass is 10.1. The van der Waals surface area contributed by atoms with Gasteiger partial charge in [0.1, 0.15) is 12.2 Å². The van der Waals surface area contributed by atoms with Crippen molar-refractivity contribution in [2.24, 2.45) is 0 Å². The molecule has 0 spiro atoms. The van der Waals surface area contributed by atoms with E-state index in [9.17, 15) is 4.79 Å². The third kappa shape index (κ3) is 1.45. The van der Waals surface area contributed by atoms with Crippen molar-refractivity contribution in [3.05, 3.63) is 0 Å². The summed E-state index contributed by atoms with van der Waals surface area (Å²) in [6.45, 7) is 0.421. The molecule has 0 radical (unpaired) electrons. The summed E-state index contributed by atoms with van der Waals surface area (Å²) < 4.78 is 20.7. The summed E-state index contributed by atoms with van der Waals surface area (Å²) in [6, 6.07) is 0. The summed E-state index contributed by atoms with van der Waals surface area (Å²) in [7, 11) is 3.15. The lowest BCUT2D eigenvalue weighted by molar-refractivity contribution is -0.0538. The van der Waals surface area contributed by atoms with Crippen LogP contribution in [0.3, 0.4) is 0 Å². The van der Waals surface area contributed by atoms with Gasteiger partial charge < -0.3 is 18.9 Å². The fourth-order valence-corrected chi connectivity index (χ4v) is 1.83. The van der Waals surface area contributed by atoms with Gasteiger partial charge in [-0.3, -0.25) is 5.32 Å². The molecule has 2 heterocycles. The van der Waals surface area contributed by atoms with Gasteiger partial charge in [-0.1, -0.05) is 0 Å². The predicted octanol–water partition coefficient (Wildman–Crippen LogP) is -0.519. The van der Waals surface area contributed by atoms with Crippen LogP contribution >= 0.6 is 0 Å². The van der Waals surface area contributed by atoms with Gasteiger partial charge in [0.05, 0.1) is 6.61 Å². The summed E-state index contributed by atoms with van der Waals surface area (Å²) in [5.74, 6) is 0. The molecule has 0 saturated carbocycles. The van der Waals surface area contributed by atoms with Crippen LogP contribution in [0.25, 0.3) is 0 Å². The first kappa shape index (κ1) is 9.70. The Labute approximate surface area is 81.4 Å². The topological polar surface area (TPSA) is 66.0 Å². The van der Waals surface area contributed by atoms with Crippen molar-refractivity contribution in [3.63, 3.8) is 0 Å². The molecule has 0 aromatic carbocycles. The second kappa shape index (κ2) is 3.72. The van der Waals surface area contributed by atoms with Crippen LogP contribution in [0.1, 0.15) is 0 Å². The van der Waals surface area contributed by atoms with Crippen LogP contribution in [0.5, 0.6) is 0 Å². The number of carbonyl (C=O) groups excluding carboxylic acids is 1. The van der Waals surface area contributed by atoms with Crippen LogP contribution in [0.15, 0.2) is 0 Å². The van der Waals surface area contributed by atoms with Gasteiger partial charge in [0.15, 0.2) is 12.3 Å². The van der Waals surface area contributed by atoms with E-state index in [1.807, 2.05) is 0 Å². The number of alkyl carbamates (subject to hydrolysis) is 1. The van der Waals surface area contributed by atoms with Gasteiger partial charge in [-0.05, 0) is 0 Å². The highest BCUT2D eigenvalue weighted by atomic mass is 16.7. The minimum absolute atomic E-state index is 0.194. The van der Waals surface area contributed by atoms with Gasteiger partial charge >= 0.3 is 6.09 Å². The zero-order chi connectivity index (χ0) is 10.1. The lowest BCUT2D eigenvalue weighted by Gasteiger charge is -2.18. The zero-order valence-corrected chi connectivity index (χ0v) is 8.06. The van der Waals surface area contributed by atoms with Crippen LogP contribution in [-0.4, -0.2) is 51.5 Å². The molecule has 0 unspecified atom stereocenters. The molecular formula is C8H13NO5. The Morgan fingerprint density at radius 2 is 2.29 bits per heavy atom. The Hall–Kier alpha value is -0.850. The van der Waals surface area contributed by atoms with Gasteiger partial charge in [0.25, 0.3) is 0 Å². The van der Waals surface area contributed by atoms with E-state index in [0.717, 1.165) is 0 Å². The smallest absolute Gasteiger partial charge is 0.409 e. The second-order valence-corrected chi connectivity index (χ2v) is 3.27. The second-order valence-electron chi connectivity index (χ2n) is 3.27. The van der Waals surface area contributed by atoms with Crippen LogP contribution in [0.4, 0.5) is 4.79 Å². The van der Waals surface area contributed by atoms with Crippen molar-refractivity contribution < 1.29 is 23.7 Å². The molecule has 2 aliphatic heterocycles. The number of carbonyl (C=O) groups is 1. The van der Waals surface area contributed by atoms with E-state index in [2.05, 4.69) is 5.32 Å². The normalized spacial score (nSPS) is 40.6. The van der Waals surface area contributed by atoms with E-state index >= 15 is 0 Å². The maximum absolute atomic E-state index is 10.9. The molecule has 6 heteroatoms. The van der Waals surface area contributed by atoms with Gasteiger partial charge in [-0.25, -0.2) is 4.79 Å². The summed E-state index contributed by atoms with van der Waals surface area (Å²) in [4.78, 5) is 10.9. The molecular weight excluding hydrogens is 190 g/mol. The van der Waals surface area contributed by atoms with Gasteiger partial charge in [0.2, 0.25) is 0 Å². The van der Waals surface area contributed by atoms with Crippen molar-refractivity contribution in [1.29, 1.82) is 0 Å². The van der Waals surface area contributed by atoms with Crippen molar-refractivity contribution in [2.45, 2.75) is 24.5 Å². The number of rotatable bonds is 3. The third-order valence-corrected chi connectivity index (χ3v) is 2.42. The molecule has 2 rings (SSSR count). The largest absolute Gasteiger partial charge is 0.438 e. The number of fused-ring (bicyclic) bond motifs is 1. The Bertz CT molecular complexity index is 234. The number of hydrogen-bond donors (Lipinski definition) is 1. The monoisotopic (exact) mass is 203 g/mol. The molecule has 0 aliphatic carbocycles. The molecule has 2 fully saturated rings. The lowest BCUT2D eigenvalue weighted by Crippen LogP contribution is -2.36. The molecule has 14 heavy (non-hydrogen) atoms. The number of amides is 1. The molecule has 1 amide bonds. The SMILES string of the molecule is COC[C@H]1O[C@@H]2NC(=O)O[C@@H]2[C@H]1OC. The Morgan fingerprint density at radius 1 is 1.50 bits per heavy atom. The van der Waals surface area contributed by atoms with Crippen molar-refractivity contribution in [3.8, 4) is 0 Å². The summed E-state index contributed by atoms with van der Waals surface area (Å²) >= 11 is 0. The average molecular weight is 203 g/mol. The molecule has 0 bridgehead atoms. The summed E-state index contributed by atoms with van der Waals surface area (Å²) in [5, 5.41) is 2.55. The van der Waals surface area contributed by atoms with Crippen molar-refractivity contribution in [2.75, 3.05) is 20.8 Å². The minimum Gasteiger partial charge on any atom is -0.438 e. The highest BCUT2D eigenvalue weighted by molar-refractivity contribution is 5.70. The van der Waals surface area contributed by atoms with Crippen molar-refractivity contribution >= 4 is 6.09 Å². The van der Waals surface area contributed by atoms with E-state index in [4.69, 9.17) is 18.9 Å². The molecule has 0 aromatic heterocycles. The van der Waals surface area contributed by atoms with Crippen LogP contribution in [0.2, 0.25) is 0 Å². The number of ether oxygens (including phenoxy) is 4. The van der Waals surface area contributed by atoms with E-state index in [0.29, 0.717) is 6.61 Å². The Kier molecular flexibility index (Phi) is 2.58. The highest BCUT2D eigenvalue weighted by Crippen LogP contribution is 2.28. The van der Waals surface area contributed by atoms with E-state index in [1.165, 1.54) is 0 Å². The Morgan fingerprint density at radius 3 is 2.93 bits per heavy atom. The molecule has 0 aromatic rings. The number of hydrogen-bond acceptors (Lipinski definition) is 5. The standard InChI is InChI=1S/C8H13NO5/c1-11-3-4-5(12-2)6-7(13-4)9-8(10)14-6/h4-7H,3H2,1-2H3,(H,9,10)/t4-,5+,6-,7+/m1/s1. The third-order valence-electron chi connectivity index (χ3n) is 2.42. The molecule has 80 valence electrons. The predicted molar refractivity (Wildman–Crippen MR) is 44.7 cm³/mol. The first-order chi connectivity index (χ1) is 6.76. The van der Waals surface area contributed by atoms with Crippen LogP contribution in [0, 0.1) is 0 Å². The molecule has 2 saturated heterocycles. The zero-order valence-electron chi connectivity index (χ0n) is 8.06. The Balaban J connectivity index is 2.04. The maximum Gasteiger partial charge on any atom is 0.409 e. The van der Waals surface area contributed by atoms with Gasteiger partial charge in [0, 0.05) is 14.2 Å². The summed E-state index contributed by atoms with van der Waals surface area (Å²) in [6.07, 6.45) is -1.70. The number of methoxy groups -OCH3 is 2. The van der Waals surface area contributed by atoms with Crippen molar-refractivity contribution in [1.82, 2.24) is 5.32 Å². The van der Waals surface area contributed by atoms with E-state index in [1.54, 1.807) is 14.2 Å². The quantitative estimate of drug-likeness (QED) is 0.668. The first-order valence-electron chi connectivity index (χ1n) is 4.40. The van der Waals surface area contributed by atoms with Crippen LogP contribution < -0.4 is 5.32 Å². The van der Waals surface area contributed by atoms with E-state index < -0.39 is 12.3 Å². The van der Waals surface area contributed by atoms with Crippen LogP contribution in [-0.2, 0) is 18.9 Å². The average Bonchev–Trinajstić information content (AvgIpc) is 2.61. The number of nitrogens with one attached hydrogen (secondary N) is 1. The molecule has 1 N–H and O–H groups in total. The fourth-order valence-electron chi connectivity index (χ4n) is 1.83. The maximum atomic E-state index is 10.9.